The zero-order valence-corrected chi connectivity index (χ0v) is 32.0. The topological polar surface area (TPSA) is 131 Å². The minimum Gasteiger partial charge on any atom is -0.462 e. The highest BCUT2D eigenvalue weighted by Crippen LogP contribution is 2.15. The highest BCUT2D eigenvalue weighted by Gasteiger charge is 2.22. The molecule has 2 atom stereocenters. The molecule has 0 fully saturated rings. The lowest BCUT2D eigenvalue weighted by atomic mass is 10.0. The third-order valence-electron chi connectivity index (χ3n) is 9.08. The Bertz CT molecular complexity index is 807. The van der Waals surface area contributed by atoms with Gasteiger partial charge in [-0.2, -0.15) is 0 Å². The summed E-state index contributed by atoms with van der Waals surface area (Å²) >= 11 is 0. The van der Waals surface area contributed by atoms with E-state index in [4.69, 9.17) is 9.47 Å². The van der Waals surface area contributed by atoms with E-state index in [0.29, 0.717) is 6.42 Å². The zero-order chi connectivity index (χ0) is 36.2. The van der Waals surface area contributed by atoms with E-state index in [1.54, 1.807) is 0 Å². The van der Waals surface area contributed by atoms with Gasteiger partial charge >= 0.3 is 11.9 Å². The number of aliphatic hydroxyl groups is 1. The van der Waals surface area contributed by atoms with Gasteiger partial charge in [0, 0.05) is 19.8 Å². The number of carbonyl (C=O) groups is 4. The molecule has 0 unspecified atom stereocenters. The molecule has 0 radical (unpaired) electrons. The van der Waals surface area contributed by atoms with Crippen molar-refractivity contribution in [2.45, 2.75) is 213 Å². The van der Waals surface area contributed by atoms with E-state index < -0.39 is 36.5 Å². The van der Waals surface area contributed by atoms with Gasteiger partial charge in [-0.3, -0.25) is 19.2 Å². The molecular formula is C40H76N2O7. The van der Waals surface area contributed by atoms with Crippen molar-refractivity contribution in [2.75, 3.05) is 19.8 Å². The van der Waals surface area contributed by atoms with Crippen LogP contribution in [0.3, 0.4) is 0 Å². The Morgan fingerprint density at radius 2 is 0.918 bits per heavy atom. The monoisotopic (exact) mass is 697 g/mol. The van der Waals surface area contributed by atoms with Gasteiger partial charge < -0.3 is 25.2 Å². The first-order valence-corrected chi connectivity index (χ1v) is 20.3. The normalized spacial score (nSPS) is 12.3. The van der Waals surface area contributed by atoms with Crippen LogP contribution >= 0.6 is 0 Å². The molecule has 2 amide bonds. The largest absolute Gasteiger partial charge is 0.462 e. The van der Waals surface area contributed by atoms with E-state index in [-0.39, 0.29) is 25.5 Å². The van der Waals surface area contributed by atoms with Crippen LogP contribution in [0.1, 0.15) is 201 Å². The Labute approximate surface area is 300 Å². The van der Waals surface area contributed by atoms with Crippen molar-refractivity contribution in [2.24, 2.45) is 0 Å². The number of carbonyl (C=O) groups excluding carboxylic acids is 4. The summed E-state index contributed by atoms with van der Waals surface area (Å²) in [5, 5.41) is 14.4. The van der Waals surface area contributed by atoms with Crippen LogP contribution < -0.4 is 10.6 Å². The van der Waals surface area contributed by atoms with Crippen LogP contribution in [-0.2, 0) is 28.7 Å². The second-order valence-corrected chi connectivity index (χ2v) is 14.0. The minimum absolute atomic E-state index is 0.0920. The standard InChI is InChI=1S/C40H76N2O7/c1-4-6-8-10-12-14-16-18-20-22-24-26-28-30-38(45)48-34-36(32-41-40(47)37(33-43)42-35(3)44)49-39(46)31-29-27-25-23-21-19-17-15-13-11-9-7-5-2/h36-37,43H,4-34H2,1-3H3,(H,41,47)(H,42,44)/t36-,37+/m0/s1. The number of aliphatic hydroxyl groups excluding tert-OH is 1. The third kappa shape index (κ3) is 32.8. The number of nitrogens with one attached hydrogen (secondary N) is 2. The first kappa shape index (κ1) is 46.8. The predicted octanol–water partition coefficient (Wildman–Crippen LogP) is 9.02. The SMILES string of the molecule is CCCCCCCCCCCCCCCC(=O)OC[C@H](CNC(=O)[C@@H](CO)NC(C)=O)OC(=O)CCCCCCCCCCCCCCC. The van der Waals surface area contributed by atoms with Gasteiger partial charge in [0.05, 0.1) is 13.2 Å². The average Bonchev–Trinajstić information content (AvgIpc) is 3.08. The summed E-state index contributed by atoms with van der Waals surface area (Å²) in [5.74, 6) is -1.79. The first-order chi connectivity index (χ1) is 23.8. The number of hydrogen-bond acceptors (Lipinski definition) is 7. The zero-order valence-electron chi connectivity index (χ0n) is 32.0. The summed E-state index contributed by atoms with van der Waals surface area (Å²) in [6.45, 7) is 4.93. The summed E-state index contributed by atoms with van der Waals surface area (Å²) < 4.78 is 11.0. The smallest absolute Gasteiger partial charge is 0.306 e. The molecule has 3 N–H and O–H groups in total. The lowest BCUT2D eigenvalue weighted by Gasteiger charge is -2.21. The summed E-state index contributed by atoms with van der Waals surface area (Å²) in [7, 11) is 0. The summed E-state index contributed by atoms with van der Waals surface area (Å²) in [4.78, 5) is 48.9. The molecule has 49 heavy (non-hydrogen) atoms. The molecule has 0 rings (SSSR count). The van der Waals surface area contributed by atoms with Gasteiger partial charge in [0.1, 0.15) is 12.6 Å². The summed E-state index contributed by atoms with van der Waals surface area (Å²) in [6.07, 6.45) is 31.5. The van der Waals surface area contributed by atoms with E-state index >= 15 is 0 Å². The maximum absolute atomic E-state index is 12.6. The van der Waals surface area contributed by atoms with E-state index in [9.17, 15) is 24.3 Å². The fraction of sp³-hybridized carbons (Fsp3) is 0.900. The van der Waals surface area contributed by atoms with Crippen molar-refractivity contribution in [3.05, 3.63) is 0 Å². The van der Waals surface area contributed by atoms with Gasteiger partial charge in [0.2, 0.25) is 11.8 Å². The lowest BCUT2D eigenvalue weighted by molar-refractivity contribution is -0.159. The van der Waals surface area contributed by atoms with Crippen molar-refractivity contribution >= 4 is 23.8 Å². The molecule has 0 heterocycles. The number of rotatable bonds is 36. The fourth-order valence-electron chi connectivity index (χ4n) is 5.99. The van der Waals surface area contributed by atoms with E-state index in [1.165, 1.54) is 135 Å². The molecule has 288 valence electrons. The number of ether oxygens (including phenoxy) is 2. The van der Waals surface area contributed by atoms with Crippen LogP contribution in [0.2, 0.25) is 0 Å². The van der Waals surface area contributed by atoms with Crippen molar-refractivity contribution < 1.29 is 33.8 Å². The highest BCUT2D eigenvalue weighted by atomic mass is 16.6. The lowest BCUT2D eigenvalue weighted by Crippen LogP contribution is -2.50. The van der Waals surface area contributed by atoms with Crippen LogP contribution in [0.15, 0.2) is 0 Å². The number of amides is 2. The average molecular weight is 697 g/mol. The molecule has 0 aliphatic carbocycles. The predicted molar refractivity (Wildman–Crippen MR) is 199 cm³/mol. The highest BCUT2D eigenvalue weighted by molar-refractivity contribution is 5.86. The van der Waals surface area contributed by atoms with E-state index in [1.807, 2.05) is 0 Å². The van der Waals surface area contributed by atoms with Gasteiger partial charge in [-0.15, -0.1) is 0 Å². The maximum Gasteiger partial charge on any atom is 0.306 e. The summed E-state index contributed by atoms with van der Waals surface area (Å²) in [5.41, 5.74) is 0. The van der Waals surface area contributed by atoms with Gasteiger partial charge in [0.15, 0.2) is 6.10 Å². The molecule has 0 saturated carbocycles. The second-order valence-electron chi connectivity index (χ2n) is 14.0. The first-order valence-electron chi connectivity index (χ1n) is 20.3. The molecule has 0 bridgehead atoms. The van der Waals surface area contributed by atoms with Crippen LogP contribution in [0.25, 0.3) is 0 Å². The molecule has 0 aromatic carbocycles. The molecule has 0 saturated heterocycles. The minimum atomic E-state index is -1.11. The summed E-state index contributed by atoms with van der Waals surface area (Å²) in [6, 6.07) is -1.11. The molecule has 0 aliphatic rings. The Morgan fingerprint density at radius 3 is 1.29 bits per heavy atom. The van der Waals surface area contributed by atoms with Crippen LogP contribution in [-0.4, -0.2) is 60.8 Å². The molecule has 9 nitrogen and oxygen atoms in total. The van der Waals surface area contributed by atoms with Gasteiger partial charge in [0.25, 0.3) is 0 Å². The Hall–Kier alpha value is -2.16. The number of hydrogen-bond donors (Lipinski definition) is 3. The molecular weight excluding hydrogens is 620 g/mol. The Kier molecular flexibility index (Phi) is 34.1. The van der Waals surface area contributed by atoms with Gasteiger partial charge in [-0.25, -0.2) is 0 Å². The molecule has 0 aromatic rings. The van der Waals surface area contributed by atoms with Gasteiger partial charge in [-0.05, 0) is 12.8 Å². The quantitative estimate of drug-likeness (QED) is 0.0440. The van der Waals surface area contributed by atoms with Crippen molar-refractivity contribution in [3.63, 3.8) is 0 Å². The molecule has 0 aliphatic heterocycles. The Balaban J connectivity index is 4.33. The molecule has 0 aromatic heterocycles. The molecule has 0 spiro atoms. The van der Waals surface area contributed by atoms with Crippen molar-refractivity contribution in [1.29, 1.82) is 0 Å². The van der Waals surface area contributed by atoms with Crippen LogP contribution in [0, 0.1) is 0 Å². The Morgan fingerprint density at radius 1 is 0.551 bits per heavy atom. The second kappa shape index (κ2) is 35.7. The third-order valence-corrected chi connectivity index (χ3v) is 9.08. The number of esters is 2. The van der Waals surface area contributed by atoms with E-state index in [2.05, 4.69) is 24.5 Å². The van der Waals surface area contributed by atoms with Gasteiger partial charge in [-0.1, -0.05) is 168 Å². The van der Waals surface area contributed by atoms with Crippen molar-refractivity contribution in [1.82, 2.24) is 10.6 Å². The fourth-order valence-corrected chi connectivity index (χ4v) is 5.99. The number of unbranched alkanes of at least 4 members (excludes halogenated alkanes) is 24. The van der Waals surface area contributed by atoms with Crippen LogP contribution in [0.5, 0.6) is 0 Å². The maximum atomic E-state index is 12.6. The van der Waals surface area contributed by atoms with Crippen molar-refractivity contribution in [3.8, 4) is 0 Å². The van der Waals surface area contributed by atoms with Crippen LogP contribution in [0.4, 0.5) is 0 Å². The van der Waals surface area contributed by atoms with E-state index in [0.717, 1.165) is 38.5 Å². The molecule has 9 heteroatoms.